The highest BCUT2D eigenvalue weighted by molar-refractivity contribution is 5.89. The molecule has 0 aliphatic carbocycles. The minimum atomic E-state index is -0.322. The number of benzene rings is 2. The summed E-state index contributed by atoms with van der Waals surface area (Å²) in [6.45, 7) is 0. The van der Waals surface area contributed by atoms with Crippen LogP contribution >= 0.6 is 0 Å². The first-order valence-electron chi connectivity index (χ1n) is 7.41. The SMILES string of the molecule is COc1ccc(-n2cccc2C=C(C#N)c2ccc(F)cc2)cc1. The van der Waals surface area contributed by atoms with E-state index in [0.29, 0.717) is 11.1 Å². The Labute approximate surface area is 139 Å². The number of aromatic nitrogens is 1. The number of nitrogens with zero attached hydrogens (tertiary/aromatic N) is 2. The molecule has 0 spiro atoms. The van der Waals surface area contributed by atoms with Crippen molar-refractivity contribution in [2.75, 3.05) is 7.11 Å². The third-order valence-electron chi connectivity index (χ3n) is 3.70. The summed E-state index contributed by atoms with van der Waals surface area (Å²) >= 11 is 0. The van der Waals surface area contributed by atoms with Crippen molar-refractivity contribution in [2.24, 2.45) is 0 Å². The van der Waals surface area contributed by atoms with Crippen LogP contribution in [0.5, 0.6) is 5.75 Å². The molecule has 1 heterocycles. The number of ether oxygens (including phenoxy) is 1. The molecule has 0 radical (unpaired) electrons. The zero-order valence-corrected chi connectivity index (χ0v) is 13.1. The zero-order chi connectivity index (χ0) is 16.9. The Bertz CT molecular complexity index is 900. The quantitative estimate of drug-likeness (QED) is 0.655. The molecule has 0 aliphatic heterocycles. The molecule has 0 saturated carbocycles. The number of nitriles is 1. The number of rotatable bonds is 4. The predicted octanol–water partition coefficient (Wildman–Crippen LogP) is 4.69. The molecule has 3 aromatic rings. The lowest BCUT2D eigenvalue weighted by atomic mass is 10.1. The first-order chi connectivity index (χ1) is 11.7. The lowest BCUT2D eigenvalue weighted by Crippen LogP contribution is -1.95. The standard InChI is InChI=1S/C20H15FN2O/c1-24-20-10-8-18(9-11-20)23-12-2-3-19(23)13-16(14-22)15-4-6-17(21)7-5-15/h2-13H,1H3. The average Bonchev–Trinajstić information content (AvgIpc) is 3.09. The van der Waals surface area contributed by atoms with Gasteiger partial charge in [-0.25, -0.2) is 4.39 Å². The smallest absolute Gasteiger partial charge is 0.123 e. The van der Waals surface area contributed by atoms with Gasteiger partial charge in [-0.3, -0.25) is 0 Å². The van der Waals surface area contributed by atoms with E-state index >= 15 is 0 Å². The fourth-order valence-electron chi connectivity index (χ4n) is 2.45. The van der Waals surface area contributed by atoms with E-state index in [0.717, 1.165) is 17.1 Å². The highest BCUT2D eigenvalue weighted by atomic mass is 19.1. The molecule has 0 saturated heterocycles. The molecule has 24 heavy (non-hydrogen) atoms. The summed E-state index contributed by atoms with van der Waals surface area (Å²) in [6, 6.07) is 19.6. The summed E-state index contributed by atoms with van der Waals surface area (Å²) in [5.41, 5.74) is 2.98. The summed E-state index contributed by atoms with van der Waals surface area (Å²) in [5, 5.41) is 9.44. The van der Waals surface area contributed by atoms with Crippen molar-refractivity contribution in [3.05, 3.63) is 83.9 Å². The first kappa shape index (κ1) is 15.6. The van der Waals surface area contributed by atoms with Crippen LogP contribution in [-0.4, -0.2) is 11.7 Å². The Morgan fingerprint density at radius 1 is 1.08 bits per heavy atom. The number of methoxy groups -OCH3 is 1. The molecule has 0 N–H and O–H groups in total. The van der Waals surface area contributed by atoms with Crippen LogP contribution in [-0.2, 0) is 0 Å². The minimum Gasteiger partial charge on any atom is -0.497 e. The molecule has 2 aromatic carbocycles. The molecule has 118 valence electrons. The summed E-state index contributed by atoms with van der Waals surface area (Å²) in [5.74, 6) is 0.463. The highest BCUT2D eigenvalue weighted by Crippen LogP contribution is 2.22. The fourth-order valence-corrected chi connectivity index (χ4v) is 2.45. The first-order valence-corrected chi connectivity index (χ1v) is 7.41. The lowest BCUT2D eigenvalue weighted by molar-refractivity contribution is 0.414. The van der Waals surface area contributed by atoms with Crippen LogP contribution in [0.15, 0.2) is 66.9 Å². The summed E-state index contributed by atoms with van der Waals surface area (Å²) in [6.07, 6.45) is 3.71. The van der Waals surface area contributed by atoms with Crippen molar-refractivity contribution in [3.8, 4) is 17.5 Å². The topological polar surface area (TPSA) is 38.0 Å². The van der Waals surface area contributed by atoms with Gasteiger partial charge in [0.25, 0.3) is 0 Å². The van der Waals surface area contributed by atoms with Gasteiger partial charge in [0.05, 0.1) is 18.8 Å². The van der Waals surface area contributed by atoms with Gasteiger partial charge in [0.15, 0.2) is 0 Å². The Morgan fingerprint density at radius 3 is 2.42 bits per heavy atom. The van der Waals surface area contributed by atoms with E-state index in [9.17, 15) is 9.65 Å². The predicted molar refractivity (Wildman–Crippen MR) is 92.2 cm³/mol. The average molecular weight is 318 g/mol. The summed E-state index contributed by atoms with van der Waals surface area (Å²) in [7, 11) is 1.63. The fraction of sp³-hybridized carbons (Fsp3) is 0.0500. The molecule has 3 rings (SSSR count). The van der Waals surface area contributed by atoms with Gasteiger partial charge in [0, 0.05) is 17.6 Å². The van der Waals surface area contributed by atoms with Gasteiger partial charge < -0.3 is 9.30 Å². The molecule has 0 aliphatic rings. The second kappa shape index (κ2) is 6.84. The maximum absolute atomic E-state index is 13.1. The van der Waals surface area contributed by atoms with E-state index in [4.69, 9.17) is 4.74 Å². The molecule has 0 fully saturated rings. The molecule has 0 amide bonds. The van der Waals surface area contributed by atoms with E-state index in [2.05, 4.69) is 6.07 Å². The van der Waals surface area contributed by atoms with Crippen LogP contribution in [0.2, 0.25) is 0 Å². The third kappa shape index (κ3) is 3.21. The van der Waals surface area contributed by atoms with Crippen LogP contribution in [0.25, 0.3) is 17.3 Å². The second-order valence-corrected chi connectivity index (χ2v) is 5.18. The second-order valence-electron chi connectivity index (χ2n) is 5.18. The van der Waals surface area contributed by atoms with Crippen molar-refractivity contribution in [2.45, 2.75) is 0 Å². The van der Waals surface area contributed by atoms with Gasteiger partial charge in [-0.15, -0.1) is 0 Å². The van der Waals surface area contributed by atoms with Gasteiger partial charge in [-0.05, 0) is 60.2 Å². The maximum Gasteiger partial charge on any atom is 0.123 e. The number of allylic oxidation sites excluding steroid dienone is 1. The molecule has 0 atom stereocenters. The number of hydrogen-bond donors (Lipinski definition) is 0. The van der Waals surface area contributed by atoms with E-state index in [-0.39, 0.29) is 5.82 Å². The normalized spacial score (nSPS) is 11.1. The highest BCUT2D eigenvalue weighted by Gasteiger charge is 2.06. The molecule has 1 aromatic heterocycles. The van der Waals surface area contributed by atoms with Gasteiger partial charge in [-0.1, -0.05) is 12.1 Å². The van der Waals surface area contributed by atoms with E-state index < -0.39 is 0 Å². The molecular formula is C20H15FN2O. The van der Waals surface area contributed by atoms with E-state index in [1.807, 2.05) is 47.2 Å². The molecule has 0 bridgehead atoms. The Morgan fingerprint density at radius 2 is 1.79 bits per heavy atom. The van der Waals surface area contributed by atoms with Crippen LogP contribution < -0.4 is 4.74 Å². The Kier molecular flexibility index (Phi) is 4.44. The van der Waals surface area contributed by atoms with Gasteiger partial charge in [0.2, 0.25) is 0 Å². The molecule has 0 unspecified atom stereocenters. The summed E-state index contributed by atoms with van der Waals surface area (Å²) < 4.78 is 20.2. The van der Waals surface area contributed by atoms with Crippen molar-refractivity contribution in [1.82, 2.24) is 4.57 Å². The van der Waals surface area contributed by atoms with Crippen molar-refractivity contribution in [1.29, 1.82) is 5.26 Å². The molecular weight excluding hydrogens is 303 g/mol. The maximum atomic E-state index is 13.1. The van der Waals surface area contributed by atoms with Crippen LogP contribution in [0.3, 0.4) is 0 Å². The Balaban J connectivity index is 1.99. The number of halogens is 1. The number of hydrogen-bond acceptors (Lipinski definition) is 2. The van der Waals surface area contributed by atoms with Crippen LogP contribution in [0.4, 0.5) is 4.39 Å². The molecule has 4 heteroatoms. The van der Waals surface area contributed by atoms with Crippen molar-refractivity contribution >= 4 is 11.6 Å². The van der Waals surface area contributed by atoms with Crippen molar-refractivity contribution in [3.63, 3.8) is 0 Å². The minimum absolute atomic E-state index is 0.322. The van der Waals surface area contributed by atoms with Crippen LogP contribution in [0.1, 0.15) is 11.3 Å². The van der Waals surface area contributed by atoms with Crippen LogP contribution in [0, 0.1) is 17.1 Å². The zero-order valence-electron chi connectivity index (χ0n) is 13.1. The van der Waals surface area contributed by atoms with E-state index in [1.165, 1.54) is 12.1 Å². The van der Waals surface area contributed by atoms with Crippen molar-refractivity contribution < 1.29 is 9.13 Å². The van der Waals surface area contributed by atoms with Gasteiger partial charge in [0.1, 0.15) is 11.6 Å². The largest absolute Gasteiger partial charge is 0.497 e. The summed E-state index contributed by atoms with van der Waals surface area (Å²) in [4.78, 5) is 0. The monoisotopic (exact) mass is 318 g/mol. The molecule has 3 nitrogen and oxygen atoms in total. The Hall–Kier alpha value is -3.32. The third-order valence-corrected chi connectivity index (χ3v) is 3.70. The van der Waals surface area contributed by atoms with Gasteiger partial charge >= 0.3 is 0 Å². The van der Waals surface area contributed by atoms with Gasteiger partial charge in [-0.2, -0.15) is 5.26 Å². The van der Waals surface area contributed by atoms with E-state index in [1.54, 1.807) is 25.3 Å². The lowest BCUT2D eigenvalue weighted by Gasteiger charge is -2.08.